The molecule has 3 aromatic carbocycles. The number of aryl methyl sites for hydroxylation is 2. The number of aliphatic hydroxyl groups is 1. The number of amides is 1. The third-order valence-corrected chi connectivity index (χ3v) is 19.7. The molecule has 0 aromatic heterocycles. The van der Waals surface area contributed by atoms with Crippen LogP contribution < -0.4 is 5.32 Å². The van der Waals surface area contributed by atoms with E-state index in [2.05, 4.69) is 101 Å². The fourth-order valence-corrected chi connectivity index (χ4v) is 10.5. The Bertz CT molecular complexity index is 1930. The molecule has 0 unspecified atom stereocenters. The fraction of sp³-hybridized carbons (Fsp3) is 0.667. The minimum absolute atomic E-state index is 0.0624. The largest absolute Gasteiger partial charge is 0.462 e. The smallest absolute Gasteiger partial charge is 0.306 e. The number of carbonyl (C=O) groups is 3. The van der Waals surface area contributed by atoms with Gasteiger partial charge in [0.2, 0.25) is 5.91 Å². The van der Waals surface area contributed by atoms with Crippen LogP contribution in [0.2, 0.25) is 18.1 Å². The summed E-state index contributed by atoms with van der Waals surface area (Å²) >= 11 is 0. The zero-order valence-corrected chi connectivity index (χ0v) is 47.8. The summed E-state index contributed by atoms with van der Waals surface area (Å²) in [5.74, 6) is -1.13. The standard InChI is InChI=1S/C63H99NO9Si/c1-7-8-9-10-11-12-13-20-34-45-54(71-57(66)46-35-21-16-14-18-26-37-51-39-28-23-29-40-51)48-56(65)64-59-61(73-58(67)47-36-22-17-15-19-27-38-52-41-30-24-31-42-52)60(68)55(50-70-74(5,6)63(2,3)4)72-62(59)69-49-53-43-32-25-33-44-53/h23-25,28-33,39-44,54-55,59-62,68H,7-22,26-27,34-38,45-50H2,1-6H3,(H,64,65)/t54-,55-,59-,60-,61-,62-/m1/s1. The number of carbonyl (C=O) groups excluding carboxylic acids is 3. The Balaban J connectivity index is 1.43. The lowest BCUT2D eigenvalue weighted by molar-refractivity contribution is -0.276. The Morgan fingerprint density at radius 3 is 1.59 bits per heavy atom. The predicted molar refractivity (Wildman–Crippen MR) is 302 cm³/mol. The molecule has 1 heterocycles. The SMILES string of the molecule is CCCCCCCCCCC[C@H](CC(=O)N[C@H]1[C@H](OCc2ccccc2)O[C@H](CO[Si](C)(C)C(C)(C)C)[C@@H](O)[C@@H]1OC(=O)CCCCCCCCc1ccccc1)OC(=O)CCCCCCCCc1ccccc1. The second-order valence-electron chi connectivity index (χ2n) is 22.6. The maximum Gasteiger partial charge on any atom is 0.306 e. The van der Waals surface area contributed by atoms with Crippen molar-refractivity contribution >= 4 is 26.2 Å². The van der Waals surface area contributed by atoms with E-state index in [1.54, 1.807) is 0 Å². The summed E-state index contributed by atoms with van der Waals surface area (Å²) < 4.78 is 32.0. The van der Waals surface area contributed by atoms with Crippen LogP contribution in [-0.2, 0) is 57.2 Å². The molecule has 3 aromatic rings. The lowest BCUT2D eigenvalue weighted by Gasteiger charge is -2.45. The summed E-state index contributed by atoms with van der Waals surface area (Å²) in [6.07, 6.45) is 20.5. The molecule has 1 fully saturated rings. The van der Waals surface area contributed by atoms with E-state index in [9.17, 15) is 19.5 Å². The predicted octanol–water partition coefficient (Wildman–Crippen LogP) is 14.9. The van der Waals surface area contributed by atoms with Gasteiger partial charge in [0.05, 0.1) is 19.6 Å². The number of hydrogen-bond donors (Lipinski definition) is 2. The van der Waals surface area contributed by atoms with E-state index in [4.69, 9.17) is 23.4 Å². The molecular formula is C63H99NO9Si. The van der Waals surface area contributed by atoms with Crippen molar-refractivity contribution in [3.8, 4) is 0 Å². The van der Waals surface area contributed by atoms with Crippen LogP contribution in [0.1, 0.15) is 205 Å². The monoisotopic (exact) mass is 1040 g/mol. The Hall–Kier alpha value is -3.87. The molecule has 0 bridgehead atoms. The van der Waals surface area contributed by atoms with E-state index in [1.165, 1.54) is 49.7 Å². The van der Waals surface area contributed by atoms with E-state index in [1.807, 2.05) is 36.4 Å². The quantitative estimate of drug-likeness (QED) is 0.0326. The Morgan fingerprint density at radius 1 is 0.622 bits per heavy atom. The number of hydrogen-bond acceptors (Lipinski definition) is 9. The van der Waals surface area contributed by atoms with Gasteiger partial charge in [0.1, 0.15) is 24.4 Å². The van der Waals surface area contributed by atoms with Gasteiger partial charge >= 0.3 is 11.9 Å². The first-order valence-corrected chi connectivity index (χ1v) is 32.1. The summed E-state index contributed by atoms with van der Waals surface area (Å²) in [6.45, 7) is 13.2. The maximum absolute atomic E-state index is 14.4. The van der Waals surface area contributed by atoms with Crippen LogP contribution in [0.5, 0.6) is 0 Å². The molecule has 1 saturated heterocycles. The van der Waals surface area contributed by atoms with Gasteiger partial charge in [0.25, 0.3) is 0 Å². The van der Waals surface area contributed by atoms with E-state index in [-0.39, 0.29) is 37.1 Å². The average Bonchev–Trinajstić information content (AvgIpc) is 3.38. The molecule has 1 aliphatic heterocycles. The summed E-state index contributed by atoms with van der Waals surface area (Å²) in [5, 5.41) is 15.1. The molecule has 10 nitrogen and oxygen atoms in total. The first-order chi connectivity index (χ1) is 35.8. The second-order valence-corrected chi connectivity index (χ2v) is 27.4. The van der Waals surface area contributed by atoms with Crippen molar-refractivity contribution in [1.82, 2.24) is 5.32 Å². The topological polar surface area (TPSA) is 130 Å². The van der Waals surface area contributed by atoms with Gasteiger partial charge in [-0.1, -0.05) is 221 Å². The van der Waals surface area contributed by atoms with Crippen LogP contribution in [0.15, 0.2) is 91.0 Å². The molecule has 0 aliphatic carbocycles. The third kappa shape index (κ3) is 25.8. The summed E-state index contributed by atoms with van der Waals surface area (Å²) in [6, 6.07) is 29.8. The van der Waals surface area contributed by atoms with Crippen LogP contribution in [0, 0.1) is 0 Å². The van der Waals surface area contributed by atoms with Gasteiger partial charge in [-0.15, -0.1) is 0 Å². The lowest BCUT2D eigenvalue weighted by Crippen LogP contribution is -2.66. The molecule has 1 amide bonds. The fourth-order valence-electron chi connectivity index (χ4n) is 9.44. The minimum Gasteiger partial charge on any atom is -0.462 e. The first-order valence-electron chi connectivity index (χ1n) is 29.1. The van der Waals surface area contributed by atoms with Gasteiger partial charge in [-0.3, -0.25) is 14.4 Å². The molecule has 74 heavy (non-hydrogen) atoms. The van der Waals surface area contributed by atoms with E-state index < -0.39 is 56.9 Å². The first kappa shape index (κ1) is 62.7. The Labute approximate surface area is 449 Å². The van der Waals surface area contributed by atoms with Crippen LogP contribution in [0.3, 0.4) is 0 Å². The molecule has 1 aliphatic rings. The van der Waals surface area contributed by atoms with Crippen LogP contribution in [0.25, 0.3) is 0 Å². The van der Waals surface area contributed by atoms with E-state index >= 15 is 0 Å². The summed E-state index contributed by atoms with van der Waals surface area (Å²) in [5.41, 5.74) is 3.63. The molecule has 6 atom stereocenters. The van der Waals surface area contributed by atoms with Gasteiger partial charge < -0.3 is 33.8 Å². The van der Waals surface area contributed by atoms with Gasteiger partial charge in [0, 0.05) is 12.8 Å². The van der Waals surface area contributed by atoms with Crippen molar-refractivity contribution in [2.45, 2.75) is 263 Å². The molecular weight excluding hydrogens is 943 g/mol. The zero-order chi connectivity index (χ0) is 53.3. The zero-order valence-electron chi connectivity index (χ0n) is 46.8. The molecule has 414 valence electrons. The highest BCUT2D eigenvalue weighted by Gasteiger charge is 2.50. The van der Waals surface area contributed by atoms with Crippen molar-refractivity contribution in [3.05, 3.63) is 108 Å². The molecule has 0 spiro atoms. The van der Waals surface area contributed by atoms with Crippen molar-refractivity contribution in [1.29, 1.82) is 0 Å². The number of benzene rings is 3. The van der Waals surface area contributed by atoms with Gasteiger partial charge in [0.15, 0.2) is 20.7 Å². The number of esters is 2. The average molecular weight is 1040 g/mol. The number of rotatable bonds is 39. The van der Waals surface area contributed by atoms with Gasteiger partial charge in [-0.05, 0) is 86.2 Å². The number of aliphatic hydroxyl groups excluding tert-OH is 1. The van der Waals surface area contributed by atoms with Crippen LogP contribution in [0.4, 0.5) is 0 Å². The molecule has 0 radical (unpaired) electrons. The van der Waals surface area contributed by atoms with Crippen molar-refractivity contribution in [3.63, 3.8) is 0 Å². The van der Waals surface area contributed by atoms with E-state index in [0.29, 0.717) is 19.3 Å². The van der Waals surface area contributed by atoms with Crippen molar-refractivity contribution < 1.29 is 42.9 Å². The van der Waals surface area contributed by atoms with Gasteiger partial charge in [-0.25, -0.2) is 0 Å². The maximum atomic E-state index is 14.4. The van der Waals surface area contributed by atoms with Gasteiger partial charge in [-0.2, -0.15) is 0 Å². The highest BCUT2D eigenvalue weighted by molar-refractivity contribution is 6.74. The molecule has 2 N–H and O–H groups in total. The number of nitrogens with one attached hydrogen (secondary N) is 1. The molecule has 11 heteroatoms. The third-order valence-electron chi connectivity index (χ3n) is 15.2. The normalized spacial score (nSPS) is 18.4. The Morgan fingerprint density at radius 2 is 1.08 bits per heavy atom. The van der Waals surface area contributed by atoms with Crippen LogP contribution in [-0.4, -0.2) is 74.6 Å². The van der Waals surface area contributed by atoms with Crippen molar-refractivity contribution in [2.75, 3.05) is 6.61 Å². The highest BCUT2D eigenvalue weighted by Crippen LogP contribution is 2.37. The second kappa shape index (κ2) is 36.2. The Kier molecular flexibility index (Phi) is 30.7. The highest BCUT2D eigenvalue weighted by atomic mass is 28.4. The minimum atomic E-state index is -2.30. The summed E-state index contributed by atoms with van der Waals surface area (Å²) in [4.78, 5) is 41.6. The van der Waals surface area contributed by atoms with E-state index in [0.717, 1.165) is 108 Å². The number of unbranched alkanes of at least 4 members (excludes halogenated alkanes) is 18. The number of ether oxygens (including phenoxy) is 4. The molecule has 0 saturated carbocycles. The molecule has 4 rings (SSSR count). The van der Waals surface area contributed by atoms with Crippen LogP contribution >= 0.6 is 0 Å². The van der Waals surface area contributed by atoms with Crippen molar-refractivity contribution in [2.24, 2.45) is 0 Å². The summed E-state index contributed by atoms with van der Waals surface area (Å²) in [7, 11) is -2.30. The lowest BCUT2D eigenvalue weighted by atomic mass is 9.96.